The number of ether oxygens (including phenoxy) is 1. The van der Waals surface area contributed by atoms with E-state index in [0.29, 0.717) is 18.7 Å². The number of hydrogen-bond donors (Lipinski definition) is 1. The summed E-state index contributed by atoms with van der Waals surface area (Å²) in [4.78, 5) is 15.9. The number of nitrogens with one attached hydrogen (secondary N) is 1. The minimum absolute atomic E-state index is 0.0639. The molecule has 1 unspecified atom stereocenters. The molecule has 4 rings (SSSR count). The molecular weight excluding hydrogens is 362 g/mol. The van der Waals surface area contributed by atoms with Crippen molar-refractivity contribution in [3.8, 4) is 11.8 Å². The van der Waals surface area contributed by atoms with Gasteiger partial charge < -0.3 is 14.1 Å². The van der Waals surface area contributed by atoms with Crippen LogP contribution in [0.4, 0.5) is 0 Å². The maximum atomic E-state index is 12.9. The van der Waals surface area contributed by atoms with Crippen molar-refractivity contribution in [1.29, 1.82) is 5.26 Å². The zero-order chi connectivity index (χ0) is 18.8. The van der Waals surface area contributed by atoms with Crippen LogP contribution in [0.1, 0.15) is 23.7 Å². The summed E-state index contributed by atoms with van der Waals surface area (Å²) in [5.41, 5.74) is 1.65. The van der Waals surface area contributed by atoms with Gasteiger partial charge in [0.25, 0.3) is 0 Å². The Labute approximate surface area is 162 Å². The number of furan rings is 1. The van der Waals surface area contributed by atoms with E-state index in [-0.39, 0.29) is 11.8 Å². The Morgan fingerprint density at radius 2 is 2.19 bits per heavy atom. The Bertz CT molecular complexity index is 900. The average molecular weight is 382 g/mol. The van der Waals surface area contributed by atoms with Crippen molar-refractivity contribution in [3.05, 3.63) is 64.6 Å². The van der Waals surface area contributed by atoms with Crippen LogP contribution < -0.4 is 9.64 Å². The fourth-order valence-electron chi connectivity index (χ4n) is 3.56. The van der Waals surface area contributed by atoms with Gasteiger partial charge in [0, 0.05) is 12.3 Å². The van der Waals surface area contributed by atoms with E-state index in [1.165, 1.54) is 4.90 Å². The SMILES string of the molecule is COc1ccc([C@@H]2CC(=O)N3C[NH+](Cc4ccco4)CSC3=C2C#N)cc1. The molecule has 1 amide bonds. The van der Waals surface area contributed by atoms with Gasteiger partial charge >= 0.3 is 0 Å². The molecule has 0 aliphatic carbocycles. The first-order valence-electron chi connectivity index (χ1n) is 8.77. The van der Waals surface area contributed by atoms with E-state index < -0.39 is 0 Å². The van der Waals surface area contributed by atoms with Gasteiger partial charge in [0.15, 0.2) is 12.4 Å². The van der Waals surface area contributed by atoms with Gasteiger partial charge in [-0.2, -0.15) is 5.26 Å². The van der Waals surface area contributed by atoms with Crippen LogP contribution in [0, 0.1) is 11.3 Å². The molecule has 27 heavy (non-hydrogen) atoms. The fraction of sp³-hybridized carbons (Fsp3) is 0.300. The zero-order valence-corrected chi connectivity index (χ0v) is 15.8. The molecule has 0 saturated carbocycles. The molecular formula is C20H20N3O3S+. The normalized spacial score (nSPS) is 22.4. The number of hydrogen-bond acceptors (Lipinski definition) is 5. The third-order valence-corrected chi connectivity index (χ3v) is 6.21. The molecule has 1 fully saturated rings. The number of benzene rings is 1. The molecule has 1 aromatic heterocycles. The molecule has 2 aliphatic heterocycles. The lowest BCUT2D eigenvalue weighted by Gasteiger charge is -2.38. The van der Waals surface area contributed by atoms with Crippen molar-refractivity contribution in [2.24, 2.45) is 0 Å². The van der Waals surface area contributed by atoms with Crippen LogP contribution in [0.5, 0.6) is 5.75 Å². The summed E-state index contributed by atoms with van der Waals surface area (Å²) in [6.07, 6.45) is 1.98. The highest BCUT2D eigenvalue weighted by Crippen LogP contribution is 2.40. The molecule has 7 heteroatoms. The minimum atomic E-state index is -0.196. The van der Waals surface area contributed by atoms with Crippen molar-refractivity contribution in [2.45, 2.75) is 18.9 Å². The summed E-state index contributed by atoms with van der Waals surface area (Å²) >= 11 is 1.58. The number of carbonyl (C=O) groups excluding carboxylic acids is 1. The van der Waals surface area contributed by atoms with Crippen LogP contribution >= 0.6 is 11.8 Å². The predicted molar refractivity (Wildman–Crippen MR) is 101 cm³/mol. The lowest BCUT2D eigenvalue weighted by atomic mass is 9.86. The molecule has 2 atom stereocenters. The van der Waals surface area contributed by atoms with Crippen LogP contribution in [0.15, 0.2) is 57.7 Å². The van der Waals surface area contributed by atoms with E-state index in [2.05, 4.69) is 6.07 Å². The standard InChI is InChI=1S/C20H19N3O3S/c1-25-15-6-4-14(5-7-15)17-9-19(24)23-12-22(11-16-3-2-8-26-16)13-27-20(23)18(17)10-21/h2-8,17H,9,11-13H2,1H3/p+1/t17-/m0/s1. The van der Waals surface area contributed by atoms with Gasteiger partial charge in [-0.3, -0.25) is 9.69 Å². The van der Waals surface area contributed by atoms with E-state index in [1.807, 2.05) is 36.4 Å². The number of nitrogens with zero attached hydrogens (tertiary/aromatic N) is 2. The molecule has 0 bridgehead atoms. The van der Waals surface area contributed by atoms with Crippen LogP contribution in [0.25, 0.3) is 0 Å². The molecule has 1 N–H and O–H groups in total. The second kappa shape index (κ2) is 7.51. The molecule has 0 radical (unpaired) electrons. The van der Waals surface area contributed by atoms with E-state index in [0.717, 1.165) is 34.5 Å². The number of carbonyl (C=O) groups is 1. The number of nitriles is 1. The number of thioether (sulfide) groups is 1. The molecule has 6 nitrogen and oxygen atoms in total. The fourth-order valence-corrected chi connectivity index (χ4v) is 4.76. The van der Waals surface area contributed by atoms with Gasteiger partial charge in [-0.15, -0.1) is 0 Å². The smallest absolute Gasteiger partial charge is 0.232 e. The number of quaternary nitrogens is 1. The molecule has 2 aromatic rings. The van der Waals surface area contributed by atoms with Crippen molar-refractivity contribution in [2.75, 3.05) is 19.7 Å². The molecule has 0 spiro atoms. The second-order valence-electron chi connectivity index (χ2n) is 6.64. The summed E-state index contributed by atoms with van der Waals surface area (Å²) in [6.45, 7) is 1.28. The third-order valence-electron chi connectivity index (χ3n) is 4.94. The van der Waals surface area contributed by atoms with Gasteiger partial charge in [0.2, 0.25) is 5.91 Å². The number of rotatable bonds is 4. The Kier molecular flexibility index (Phi) is 4.92. The number of allylic oxidation sites excluding steroid dienone is 1. The van der Waals surface area contributed by atoms with Crippen molar-refractivity contribution >= 4 is 17.7 Å². The molecule has 1 saturated heterocycles. The third kappa shape index (κ3) is 3.46. The van der Waals surface area contributed by atoms with Crippen LogP contribution in [0.3, 0.4) is 0 Å². The average Bonchev–Trinajstić information content (AvgIpc) is 3.21. The topological polar surface area (TPSA) is 70.9 Å². The zero-order valence-electron chi connectivity index (χ0n) is 15.0. The molecule has 3 heterocycles. The molecule has 2 aliphatic rings. The van der Waals surface area contributed by atoms with Gasteiger partial charge in [0.05, 0.1) is 25.0 Å². The number of methoxy groups -OCH3 is 1. The van der Waals surface area contributed by atoms with Crippen molar-refractivity contribution in [3.63, 3.8) is 0 Å². The maximum Gasteiger partial charge on any atom is 0.232 e. The van der Waals surface area contributed by atoms with Crippen molar-refractivity contribution in [1.82, 2.24) is 4.90 Å². The predicted octanol–water partition coefficient (Wildman–Crippen LogP) is 2.09. The lowest BCUT2D eigenvalue weighted by Crippen LogP contribution is -3.12. The Hall–Kier alpha value is -2.69. The summed E-state index contributed by atoms with van der Waals surface area (Å²) in [5.74, 6) is 2.32. The van der Waals surface area contributed by atoms with Crippen LogP contribution in [0.2, 0.25) is 0 Å². The van der Waals surface area contributed by atoms with Gasteiger partial charge in [-0.1, -0.05) is 12.1 Å². The highest BCUT2D eigenvalue weighted by atomic mass is 32.2. The van der Waals surface area contributed by atoms with Crippen LogP contribution in [-0.4, -0.2) is 30.5 Å². The van der Waals surface area contributed by atoms with E-state index in [9.17, 15) is 10.1 Å². The number of fused-ring (bicyclic) bond motifs is 1. The second-order valence-corrected chi connectivity index (χ2v) is 7.60. The first-order chi connectivity index (χ1) is 13.2. The highest BCUT2D eigenvalue weighted by Gasteiger charge is 2.40. The Balaban J connectivity index is 1.59. The summed E-state index contributed by atoms with van der Waals surface area (Å²) < 4.78 is 10.6. The first kappa shape index (κ1) is 17.7. The lowest BCUT2D eigenvalue weighted by molar-refractivity contribution is -0.911. The van der Waals surface area contributed by atoms with Crippen molar-refractivity contribution < 1.29 is 18.8 Å². The van der Waals surface area contributed by atoms with E-state index >= 15 is 0 Å². The quantitative estimate of drug-likeness (QED) is 0.877. The summed E-state index contributed by atoms with van der Waals surface area (Å²) in [7, 11) is 1.62. The molecule has 138 valence electrons. The van der Waals surface area contributed by atoms with E-state index in [4.69, 9.17) is 9.15 Å². The first-order valence-corrected chi connectivity index (χ1v) is 9.75. The summed E-state index contributed by atoms with van der Waals surface area (Å²) in [6, 6.07) is 13.8. The molecule has 1 aromatic carbocycles. The minimum Gasteiger partial charge on any atom is -0.497 e. The van der Waals surface area contributed by atoms with Gasteiger partial charge in [-0.05, 0) is 41.6 Å². The van der Waals surface area contributed by atoms with Gasteiger partial charge in [-0.25, -0.2) is 0 Å². The Morgan fingerprint density at radius 3 is 2.85 bits per heavy atom. The highest BCUT2D eigenvalue weighted by molar-refractivity contribution is 8.02. The largest absolute Gasteiger partial charge is 0.497 e. The van der Waals surface area contributed by atoms with Crippen LogP contribution in [-0.2, 0) is 11.3 Å². The maximum absolute atomic E-state index is 12.9. The van der Waals surface area contributed by atoms with Gasteiger partial charge in [0.1, 0.15) is 23.2 Å². The summed E-state index contributed by atoms with van der Waals surface area (Å²) in [5, 5.41) is 10.6. The number of amides is 1. The Morgan fingerprint density at radius 1 is 1.37 bits per heavy atom. The van der Waals surface area contributed by atoms with E-state index in [1.54, 1.807) is 30.0 Å². The monoisotopic (exact) mass is 382 g/mol.